The summed E-state index contributed by atoms with van der Waals surface area (Å²) in [4.78, 5) is 27.7. The number of amides is 1. The first kappa shape index (κ1) is 13.8. The number of ether oxygens (including phenoxy) is 1. The first-order valence-electron chi connectivity index (χ1n) is 6.39. The zero-order valence-corrected chi connectivity index (χ0v) is 11.0. The van der Waals surface area contributed by atoms with Gasteiger partial charge < -0.3 is 19.9 Å². The van der Waals surface area contributed by atoms with Gasteiger partial charge in [-0.3, -0.25) is 9.59 Å². The van der Waals surface area contributed by atoms with E-state index in [1.807, 2.05) is 7.05 Å². The Labute approximate surface area is 111 Å². The van der Waals surface area contributed by atoms with Crippen LogP contribution in [-0.2, 0) is 4.74 Å². The maximum absolute atomic E-state index is 11.9. The predicted molar refractivity (Wildman–Crippen MR) is 71.2 cm³/mol. The number of hydrogen-bond acceptors (Lipinski definition) is 4. The van der Waals surface area contributed by atoms with Crippen molar-refractivity contribution in [2.75, 3.05) is 39.9 Å². The number of nitrogens with one attached hydrogen (secondary N) is 2. The van der Waals surface area contributed by atoms with Gasteiger partial charge in [0.25, 0.3) is 5.91 Å². The lowest BCUT2D eigenvalue weighted by Crippen LogP contribution is -2.36. The van der Waals surface area contributed by atoms with Crippen LogP contribution < -0.4 is 10.9 Å². The van der Waals surface area contributed by atoms with Gasteiger partial charge >= 0.3 is 0 Å². The molecular formula is C13H19N3O3. The van der Waals surface area contributed by atoms with Crippen molar-refractivity contribution in [1.82, 2.24) is 15.2 Å². The number of H-pyrrole nitrogens is 1. The molecule has 1 amide bonds. The van der Waals surface area contributed by atoms with E-state index in [0.29, 0.717) is 13.2 Å². The monoisotopic (exact) mass is 265 g/mol. The van der Waals surface area contributed by atoms with Crippen molar-refractivity contribution in [2.45, 2.75) is 0 Å². The molecule has 1 aliphatic rings. The molecule has 1 saturated heterocycles. The standard InChI is InChI=1S/C13H19N3O3/c1-16-5-6-19-9-10(8-16)7-14-13(18)11-3-2-4-12(17)15-11/h2-4,10H,5-9H2,1H3,(H,14,18)(H,15,17)/t10-/m1/s1. The third kappa shape index (κ3) is 4.18. The molecule has 1 aromatic rings. The largest absolute Gasteiger partial charge is 0.380 e. The van der Waals surface area contributed by atoms with Gasteiger partial charge in [0.15, 0.2) is 0 Å². The average Bonchev–Trinajstić information content (AvgIpc) is 2.60. The lowest BCUT2D eigenvalue weighted by atomic mass is 10.1. The summed E-state index contributed by atoms with van der Waals surface area (Å²) in [6, 6.07) is 4.54. The summed E-state index contributed by atoms with van der Waals surface area (Å²) in [5.41, 5.74) is 0.0144. The summed E-state index contributed by atoms with van der Waals surface area (Å²) < 4.78 is 5.48. The number of carbonyl (C=O) groups is 1. The number of carbonyl (C=O) groups excluding carboxylic acids is 1. The van der Waals surface area contributed by atoms with Crippen LogP contribution in [0.4, 0.5) is 0 Å². The number of pyridine rings is 1. The van der Waals surface area contributed by atoms with E-state index in [9.17, 15) is 9.59 Å². The van der Waals surface area contributed by atoms with Crippen LogP contribution in [0.5, 0.6) is 0 Å². The minimum absolute atomic E-state index is 0.260. The molecule has 6 heteroatoms. The fourth-order valence-electron chi connectivity index (χ4n) is 2.09. The van der Waals surface area contributed by atoms with Crippen LogP contribution in [-0.4, -0.2) is 55.7 Å². The number of nitrogens with zero attached hydrogens (tertiary/aromatic N) is 1. The van der Waals surface area contributed by atoms with E-state index in [4.69, 9.17) is 4.74 Å². The summed E-state index contributed by atoms with van der Waals surface area (Å²) in [5, 5.41) is 2.83. The highest BCUT2D eigenvalue weighted by Crippen LogP contribution is 2.04. The van der Waals surface area contributed by atoms with Gasteiger partial charge in [0.05, 0.1) is 13.2 Å². The molecule has 2 N–H and O–H groups in total. The maximum atomic E-state index is 11.9. The first-order chi connectivity index (χ1) is 9.15. The van der Waals surface area contributed by atoms with Crippen molar-refractivity contribution in [1.29, 1.82) is 0 Å². The Kier molecular flexibility index (Phi) is 4.70. The molecule has 0 aliphatic carbocycles. The van der Waals surface area contributed by atoms with Crippen molar-refractivity contribution < 1.29 is 9.53 Å². The molecule has 2 heterocycles. The Bertz CT molecular complexity index is 486. The van der Waals surface area contributed by atoms with Gasteiger partial charge in [-0.2, -0.15) is 0 Å². The Morgan fingerprint density at radius 3 is 3.21 bits per heavy atom. The SMILES string of the molecule is CN1CCOC[C@H](CNC(=O)c2cccc(=O)[nH]2)C1. The fraction of sp³-hybridized carbons (Fsp3) is 0.538. The van der Waals surface area contributed by atoms with E-state index in [0.717, 1.165) is 19.7 Å². The predicted octanol–water partition coefficient (Wildman–Crippen LogP) is -0.317. The number of aromatic nitrogens is 1. The van der Waals surface area contributed by atoms with Crippen molar-refractivity contribution >= 4 is 5.91 Å². The molecule has 0 spiro atoms. The highest BCUT2D eigenvalue weighted by molar-refractivity contribution is 5.92. The van der Waals surface area contributed by atoms with Crippen LogP contribution in [0, 0.1) is 5.92 Å². The average molecular weight is 265 g/mol. The maximum Gasteiger partial charge on any atom is 0.267 e. The normalized spacial score (nSPS) is 20.8. The summed E-state index contributed by atoms with van der Waals surface area (Å²) in [6.45, 7) is 3.73. The third-order valence-corrected chi connectivity index (χ3v) is 3.11. The molecule has 1 atom stereocenters. The molecule has 2 rings (SSSR count). The summed E-state index contributed by atoms with van der Waals surface area (Å²) >= 11 is 0. The van der Waals surface area contributed by atoms with Gasteiger partial charge in [0, 0.05) is 31.6 Å². The molecule has 104 valence electrons. The number of rotatable bonds is 3. The zero-order chi connectivity index (χ0) is 13.7. The second kappa shape index (κ2) is 6.49. The van der Waals surface area contributed by atoms with Crippen LogP contribution in [0.2, 0.25) is 0 Å². The van der Waals surface area contributed by atoms with Gasteiger partial charge in [-0.05, 0) is 13.1 Å². The van der Waals surface area contributed by atoms with Crippen LogP contribution >= 0.6 is 0 Å². The molecule has 19 heavy (non-hydrogen) atoms. The Morgan fingerprint density at radius 1 is 1.58 bits per heavy atom. The van der Waals surface area contributed by atoms with E-state index in [-0.39, 0.29) is 23.1 Å². The number of hydrogen-bond donors (Lipinski definition) is 2. The highest BCUT2D eigenvalue weighted by atomic mass is 16.5. The van der Waals surface area contributed by atoms with Gasteiger partial charge in [-0.1, -0.05) is 6.07 Å². The quantitative estimate of drug-likeness (QED) is 0.785. The Hall–Kier alpha value is -1.66. The number of likely N-dealkylation sites (N-methyl/N-ethyl adjacent to an activating group) is 1. The minimum Gasteiger partial charge on any atom is -0.380 e. The molecule has 0 bridgehead atoms. The van der Waals surface area contributed by atoms with Crippen molar-refractivity contribution in [3.05, 3.63) is 34.2 Å². The van der Waals surface area contributed by atoms with Crippen LogP contribution in [0.15, 0.2) is 23.0 Å². The molecule has 1 aliphatic heterocycles. The second-order valence-corrected chi connectivity index (χ2v) is 4.84. The lowest BCUT2D eigenvalue weighted by molar-refractivity contribution is 0.0916. The minimum atomic E-state index is -0.273. The van der Waals surface area contributed by atoms with Crippen molar-refractivity contribution in [3.63, 3.8) is 0 Å². The lowest BCUT2D eigenvalue weighted by Gasteiger charge is -2.19. The number of aromatic amines is 1. The van der Waals surface area contributed by atoms with E-state index in [1.54, 1.807) is 12.1 Å². The molecule has 0 saturated carbocycles. The molecular weight excluding hydrogens is 246 g/mol. The summed E-state index contributed by atoms with van der Waals surface area (Å²) in [7, 11) is 2.04. The fourth-order valence-corrected chi connectivity index (χ4v) is 2.09. The van der Waals surface area contributed by atoms with Gasteiger partial charge in [0.2, 0.25) is 5.56 Å². The van der Waals surface area contributed by atoms with Gasteiger partial charge in [-0.25, -0.2) is 0 Å². The van der Waals surface area contributed by atoms with E-state index < -0.39 is 0 Å². The Balaban J connectivity index is 1.87. The molecule has 1 fully saturated rings. The van der Waals surface area contributed by atoms with Gasteiger partial charge in [-0.15, -0.1) is 0 Å². The zero-order valence-electron chi connectivity index (χ0n) is 11.0. The highest BCUT2D eigenvalue weighted by Gasteiger charge is 2.17. The molecule has 0 radical (unpaired) electrons. The van der Waals surface area contributed by atoms with Crippen LogP contribution in [0.3, 0.4) is 0 Å². The van der Waals surface area contributed by atoms with Crippen LogP contribution in [0.1, 0.15) is 10.5 Å². The molecule has 1 aromatic heterocycles. The smallest absolute Gasteiger partial charge is 0.267 e. The van der Waals surface area contributed by atoms with E-state index >= 15 is 0 Å². The topological polar surface area (TPSA) is 74.4 Å². The summed E-state index contributed by atoms with van der Waals surface area (Å²) in [6.07, 6.45) is 0. The van der Waals surface area contributed by atoms with Gasteiger partial charge in [0.1, 0.15) is 5.69 Å². The van der Waals surface area contributed by atoms with E-state index in [2.05, 4.69) is 15.2 Å². The Morgan fingerprint density at radius 2 is 2.42 bits per heavy atom. The first-order valence-corrected chi connectivity index (χ1v) is 6.39. The molecule has 6 nitrogen and oxygen atoms in total. The summed E-state index contributed by atoms with van der Waals surface area (Å²) in [5.74, 6) is 0.0106. The second-order valence-electron chi connectivity index (χ2n) is 4.84. The van der Waals surface area contributed by atoms with Crippen molar-refractivity contribution in [3.8, 4) is 0 Å². The molecule has 0 unspecified atom stereocenters. The molecule has 0 aromatic carbocycles. The third-order valence-electron chi connectivity index (χ3n) is 3.11. The van der Waals surface area contributed by atoms with Crippen LogP contribution in [0.25, 0.3) is 0 Å². The van der Waals surface area contributed by atoms with E-state index in [1.165, 1.54) is 6.07 Å². The van der Waals surface area contributed by atoms with Crippen molar-refractivity contribution in [2.24, 2.45) is 5.92 Å².